The molecule has 0 amide bonds. The Kier molecular flexibility index (Phi) is 8.03. The molecule has 1 aliphatic heterocycles. The zero-order chi connectivity index (χ0) is 24.8. The van der Waals surface area contributed by atoms with Crippen LogP contribution in [0.25, 0.3) is 0 Å². The number of likely N-dealkylation sites (tertiary alicyclic amines) is 1. The summed E-state index contributed by atoms with van der Waals surface area (Å²) < 4.78 is 11.0. The lowest BCUT2D eigenvalue weighted by molar-refractivity contribution is -0.0119. The van der Waals surface area contributed by atoms with Crippen LogP contribution in [0.3, 0.4) is 0 Å². The summed E-state index contributed by atoms with van der Waals surface area (Å²) in [5.41, 5.74) is 7.33. The van der Waals surface area contributed by atoms with Crippen LogP contribution in [-0.2, 0) is 4.84 Å². The molecule has 1 aliphatic rings. The Balaban J connectivity index is 1.40. The van der Waals surface area contributed by atoms with Gasteiger partial charge in [-0.2, -0.15) is 0 Å². The molecule has 1 fully saturated rings. The summed E-state index contributed by atoms with van der Waals surface area (Å²) in [6.07, 6.45) is 2.54. The summed E-state index contributed by atoms with van der Waals surface area (Å²) in [6.45, 7) is 3.90. The second kappa shape index (κ2) is 11.4. The minimum atomic E-state index is -0.330. The van der Waals surface area contributed by atoms with E-state index in [-0.39, 0.29) is 22.2 Å². The zero-order valence-corrected chi connectivity index (χ0v) is 20.5. The number of hydrogen-bond donors (Lipinski definition) is 3. The van der Waals surface area contributed by atoms with Gasteiger partial charge in [0.05, 0.1) is 14.2 Å². The van der Waals surface area contributed by atoms with Crippen LogP contribution in [0.2, 0.25) is 0 Å². The Morgan fingerprint density at radius 3 is 2.63 bits per heavy atom. The van der Waals surface area contributed by atoms with Crippen molar-refractivity contribution in [1.29, 1.82) is 0 Å². The highest BCUT2D eigenvalue weighted by Gasteiger charge is 2.21. The van der Waals surface area contributed by atoms with E-state index in [0.717, 1.165) is 42.4 Å². The standard InChI is InChI=1S/C24H29N5O5S/c1-32-20-10-5-16(15-19(20)29(31)33-2)21(30)22-23(25)27-24(35-22)26-17-6-8-18(9-7-17)34-14-13-28-11-3-4-12-28/h5-10,15,31H,3-4,11-14,25H2,1-2H3,(H,26,27). The van der Waals surface area contributed by atoms with Gasteiger partial charge >= 0.3 is 0 Å². The summed E-state index contributed by atoms with van der Waals surface area (Å²) >= 11 is 1.15. The van der Waals surface area contributed by atoms with Crippen molar-refractivity contribution in [3.8, 4) is 11.5 Å². The molecule has 0 bridgehead atoms. The summed E-state index contributed by atoms with van der Waals surface area (Å²) in [6, 6.07) is 12.2. The maximum atomic E-state index is 13.1. The average Bonchev–Trinajstić information content (AvgIpc) is 3.53. The van der Waals surface area contributed by atoms with Crippen molar-refractivity contribution < 1.29 is 24.3 Å². The maximum Gasteiger partial charge on any atom is 0.206 e. The molecule has 0 unspecified atom stereocenters. The number of nitrogen functional groups attached to an aromatic ring is 1. The third-order valence-electron chi connectivity index (χ3n) is 5.66. The van der Waals surface area contributed by atoms with Gasteiger partial charge in [0.1, 0.15) is 34.5 Å². The Hall–Kier alpha value is -3.38. The number of aromatic nitrogens is 1. The molecule has 1 saturated heterocycles. The number of carbonyl (C=O) groups is 1. The first-order valence-electron chi connectivity index (χ1n) is 11.2. The average molecular weight is 500 g/mol. The predicted molar refractivity (Wildman–Crippen MR) is 135 cm³/mol. The van der Waals surface area contributed by atoms with Crippen LogP contribution in [0.1, 0.15) is 28.1 Å². The number of ether oxygens (including phenoxy) is 2. The van der Waals surface area contributed by atoms with E-state index in [4.69, 9.17) is 20.0 Å². The third kappa shape index (κ3) is 6.01. The highest BCUT2D eigenvalue weighted by Crippen LogP contribution is 2.33. The van der Waals surface area contributed by atoms with Crippen molar-refractivity contribution in [2.24, 2.45) is 0 Å². The Morgan fingerprint density at radius 1 is 1.20 bits per heavy atom. The van der Waals surface area contributed by atoms with Gasteiger partial charge in [-0.25, -0.2) is 4.98 Å². The summed E-state index contributed by atoms with van der Waals surface area (Å²) in [5, 5.41) is 14.1. The predicted octanol–water partition coefficient (Wildman–Crippen LogP) is 3.94. The molecule has 4 rings (SSSR count). The quantitative estimate of drug-likeness (QED) is 0.264. The monoisotopic (exact) mass is 499 g/mol. The van der Waals surface area contributed by atoms with Crippen molar-refractivity contribution in [1.82, 2.24) is 9.88 Å². The summed E-state index contributed by atoms with van der Waals surface area (Å²) in [7, 11) is 2.75. The molecule has 35 heavy (non-hydrogen) atoms. The van der Waals surface area contributed by atoms with Crippen LogP contribution in [0, 0.1) is 0 Å². The van der Waals surface area contributed by atoms with Crippen molar-refractivity contribution in [2.75, 3.05) is 56.7 Å². The van der Waals surface area contributed by atoms with Gasteiger partial charge in [-0.15, -0.1) is 5.23 Å². The molecule has 0 saturated carbocycles. The van der Waals surface area contributed by atoms with Gasteiger partial charge in [-0.1, -0.05) is 11.3 Å². The van der Waals surface area contributed by atoms with E-state index >= 15 is 0 Å². The second-order valence-corrected chi connectivity index (χ2v) is 8.95. The molecule has 0 aliphatic carbocycles. The molecule has 0 radical (unpaired) electrons. The summed E-state index contributed by atoms with van der Waals surface area (Å²) in [4.78, 5) is 24.9. The van der Waals surface area contributed by atoms with Gasteiger partial charge < -0.3 is 20.5 Å². The number of nitrogens with zero attached hydrogens (tertiary/aromatic N) is 3. The molecule has 11 heteroatoms. The van der Waals surface area contributed by atoms with Crippen LogP contribution in [0.15, 0.2) is 42.5 Å². The summed E-state index contributed by atoms with van der Waals surface area (Å²) in [5.74, 6) is 0.931. The number of ketones is 1. The highest BCUT2D eigenvalue weighted by molar-refractivity contribution is 7.18. The van der Waals surface area contributed by atoms with E-state index in [1.54, 1.807) is 12.1 Å². The van der Waals surface area contributed by atoms with Crippen molar-refractivity contribution in [3.63, 3.8) is 0 Å². The Morgan fingerprint density at radius 2 is 1.94 bits per heavy atom. The second-order valence-electron chi connectivity index (χ2n) is 7.95. The highest BCUT2D eigenvalue weighted by atomic mass is 32.1. The SMILES string of the molecule is COc1ccc(C(=O)c2sc(Nc3ccc(OCCN4CCCC4)cc3)nc2N)cc1N(O)OC. The van der Waals surface area contributed by atoms with Gasteiger partial charge in [0.15, 0.2) is 5.13 Å². The van der Waals surface area contributed by atoms with Crippen LogP contribution >= 0.6 is 11.3 Å². The molecule has 4 N–H and O–H groups in total. The normalized spacial score (nSPS) is 13.6. The van der Waals surface area contributed by atoms with Gasteiger partial charge in [-0.05, 0) is 68.4 Å². The molecule has 1 aromatic heterocycles. The number of benzene rings is 2. The van der Waals surface area contributed by atoms with E-state index in [0.29, 0.717) is 28.3 Å². The zero-order valence-electron chi connectivity index (χ0n) is 19.7. The molecular formula is C24H29N5O5S. The van der Waals surface area contributed by atoms with Crippen molar-refractivity contribution >= 4 is 39.4 Å². The van der Waals surface area contributed by atoms with E-state index in [2.05, 4.69) is 15.2 Å². The fourth-order valence-corrected chi connectivity index (χ4v) is 4.68. The first kappa shape index (κ1) is 24.7. The van der Waals surface area contributed by atoms with Gasteiger partial charge in [-0.3, -0.25) is 19.7 Å². The third-order valence-corrected chi connectivity index (χ3v) is 6.65. The number of hydrogen-bond acceptors (Lipinski definition) is 11. The molecule has 0 atom stereocenters. The minimum Gasteiger partial charge on any atom is -0.494 e. The minimum absolute atomic E-state index is 0.120. The number of anilines is 4. The lowest BCUT2D eigenvalue weighted by Crippen LogP contribution is -2.25. The van der Waals surface area contributed by atoms with E-state index < -0.39 is 0 Å². The van der Waals surface area contributed by atoms with Crippen LogP contribution in [0.4, 0.5) is 22.3 Å². The van der Waals surface area contributed by atoms with Crippen LogP contribution < -0.4 is 25.8 Å². The maximum absolute atomic E-state index is 13.1. The number of carbonyl (C=O) groups excluding carboxylic acids is 1. The molecule has 186 valence electrons. The fraction of sp³-hybridized carbons (Fsp3) is 0.333. The van der Waals surface area contributed by atoms with Crippen molar-refractivity contribution in [2.45, 2.75) is 12.8 Å². The smallest absolute Gasteiger partial charge is 0.206 e. The van der Waals surface area contributed by atoms with Crippen LogP contribution in [0.5, 0.6) is 11.5 Å². The van der Waals surface area contributed by atoms with Gasteiger partial charge in [0.2, 0.25) is 5.78 Å². The Labute approximate surface area is 207 Å². The number of rotatable bonds is 11. The van der Waals surface area contributed by atoms with E-state index in [9.17, 15) is 10.0 Å². The largest absolute Gasteiger partial charge is 0.494 e. The van der Waals surface area contributed by atoms with Crippen molar-refractivity contribution in [3.05, 3.63) is 52.9 Å². The van der Waals surface area contributed by atoms with E-state index in [1.807, 2.05) is 24.3 Å². The number of nitrogens with one attached hydrogen (secondary N) is 1. The number of methoxy groups -OCH3 is 1. The Bertz CT molecular complexity index is 1150. The first-order valence-corrected chi connectivity index (χ1v) is 12.0. The lowest BCUT2D eigenvalue weighted by atomic mass is 10.1. The molecule has 10 nitrogen and oxygen atoms in total. The number of thiazole rings is 1. The lowest BCUT2D eigenvalue weighted by Gasteiger charge is -2.17. The topological polar surface area (TPSA) is 122 Å². The molecular weight excluding hydrogens is 470 g/mol. The van der Waals surface area contributed by atoms with Crippen LogP contribution in [-0.4, -0.2) is 61.3 Å². The first-order chi connectivity index (χ1) is 17.0. The number of nitrogens with two attached hydrogens (primary N) is 1. The molecule has 3 aromatic rings. The van der Waals surface area contributed by atoms with E-state index in [1.165, 1.54) is 33.1 Å². The molecule has 2 heterocycles. The van der Waals surface area contributed by atoms with Gasteiger partial charge in [0.25, 0.3) is 0 Å². The van der Waals surface area contributed by atoms with Gasteiger partial charge in [0, 0.05) is 17.8 Å². The molecule has 2 aromatic carbocycles. The molecule has 0 spiro atoms. The fourth-order valence-electron chi connectivity index (χ4n) is 3.82.